The molecule has 0 spiro atoms. The Hall–Kier alpha value is -1.23. The maximum atomic E-state index is 11.7. The minimum Gasteiger partial charge on any atom is -0.417 e. The molecule has 0 aromatic carbocycles. The molecule has 0 aliphatic carbocycles. The van der Waals surface area contributed by atoms with E-state index in [-0.39, 0.29) is 18.1 Å². The molecule has 0 fully saturated rings. The van der Waals surface area contributed by atoms with Gasteiger partial charge in [-0.1, -0.05) is 0 Å². The fourth-order valence-electron chi connectivity index (χ4n) is 0.735. The fraction of sp³-hybridized carbons (Fsp3) is 0.286. The number of hydrogen-bond acceptors (Lipinski definition) is 3. The van der Waals surface area contributed by atoms with Crippen molar-refractivity contribution in [2.45, 2.75) is 13.2 Å². The van der Waals surface area contributed by atoms with Gasteiger partial charge in [0.15, 0.2) is 0 Å². The van der Waals surface area contributed by atoms with Gasteiger partial charge in [0.25, 0.3) is 0 Å². The molecule has 1 aromatic heterocycles. The van der Waals surface area contributed by atoms with Crippen LogP contribution in [0.1, 0.15) is 5.56 Å². The van der Waals surface area contributed by atoms with Crippen LogP contribution in [0.5, 0.6) is 5.88 Å². The first-order valence-electron chi connectivity index (χ1n) is 3.23. The molecule has 3 nitrogen and oxygen atoms in total. The second kappa shape index (κ2) is 3.96. The summed E-state index contributed by atoms with van der Waals surface area (Å²) in [4.78, 5) is 3.53. The Morgan fingerprint density at radius 1 is 1.58 bits per heavy atom. The van der Waals surface area contributed by atoms with Crippen molar-refractivity contribution in [1.82, 2.24) is 4.98 Å². The highest BCUT2D eigenvalue weighted by atomic mass is 19.3. The number of nitrogens with zero attached hydrogens (tertiary/aromatic N) is 1. The highest BCUT2D eigenvalue weighted by Gasteiger charge is 2.08. The zero-order chi connectivity index (χ0) is 8.97. The molecule has 5 heteroatoms. The highest BCUT2D eigenvalue weighted by molar-refractivity contribution is 5.24. The van der Waals surface area contributed by atoms with Crippen LogP contribution in [-0.4, -0.2) is 16.7 Å². The molecule has 1 rings (SSSR count). The lowest BCUT2D eigenvalue weighted by Crippen LogP contribution is -2.05. The Kier molecular flexibility index (Phi) is 2.93. The van der Waals surface area contributed by atoms with Crippen LogP contribution >= 0.6 is 0 Å². The zero-order valence-electron chi connectivity index (χ0n) is 6.08. The third kappa shape index (κ3) is 2.13. The summed E-state index contributed by atoms with van der Waals surface area (Å²) in [5, 5.41) is 8.67. The number of hydrogen-bond donors (Lipinski definition) is 1. The Morgan fingerprint density at radius 3 is 2.92 bits per heavy atom. The van der Waals surface area contributed by atoms with Gasteiger partial charge in [-0.05, 0) is 12.1 Å². The first-order chi connectivity index (χ1) is 5.74. The van der Waals surface area contributed by atoms with E-state index in [9.17, 15) is 8.78 Å². The quantitative estimate of drug-likeness (QED) is 0.749. The molecule has 0 amide bonds. The van der Waals surface area contributed by atoms with Crippen LogP contribution in [-0.2, 0) is 6.61 Å². The fourth-order valence-corrected chi connectivity index (χ4v) is 0.735. The van der Waals surface area contributed by atoms with E-state index in [1.807, 2.05) is 0 Å². The minimum absolute atomic E-state index is 0.227. The van der Waals surface area contributed by atoms with Gasteiger partial charge in [0, 0.05) is 11.8 Å². The lowest BCUT2D eigenvalue weighted by molar-refractivity contribution is -0.0540. The molecule has 0 aliphatic heterocycles. The van der Waals surface area contributed by atoms with Crippen molar-refractivity contribution >= 4 is 0 Å². The lowest BCUT2D eigenvalue weighted by Gasteiger charge is -2.05. The first kappa shape index (κ1) is 8.86. The van der Waals surface area contributed by atoms with Crippen molar-refractivity contribution in [3.8, 4) is 5.88 Å². The van der Waals surface area contributed by atoms with Crippen molar-refractivity contribution in [2.24, 2.45) is 0 Å². The summed E-state index contributed by atoms with van der Waals surface area (Å²) in [6.45, 7) is -3.28. The van der Waals surface area contributed by atoms with E-state index >= 15 is 0 Å². The molecular formula is C7H7F2NO2. The van der Waals surface area contributed by atoms with Crippen molar-refractivity contribution in [2.75, 3.05) is 0 Å². The molecule has 0 saturated heterocycles. The molecule has 0 saturated carbocycles. The summed E-state index contributed by atoms with van der Waals surface area (Å²) >= 11 is 0. The van der Waals surface area contributed by atoms with E-state index in [4.69, 9.17) is 5.11 Å². The third-order valence-corrected chi connectivity index (χ3v) is 1.22. The second-order valence-corrected chi connectivity index (χ2v) is 2.00. The van der Waals surface area contributed by atoms with Crippen LogP contribution in [0.3, 0.4) is 0 Å². The van der Waals surface area contributed by atoms with Crippen LogP contribution in [0.25, 0.3) is 0 Å². The molecule has 66 valence electrons. The first-order valence-corrected chi connectivity index (χ1v) is 3.23. The van der Waals surface area contributed by atoms with Gasteiger partial charge in [0.2, 0.25) is 5.88 Å². The standard InChI is InChI=1S/C7H7F2NO2/c8-7(9)12-6-5(4-11)2-1-3-10-6/h1-3,7,11H,4H2. The number of halogens is 2. The predicted octanol–water partition coefficient (Wildman–Crippen LogP) is 1.18. The number of aliphatic hydroxyl groups is 1. The Balaban J connectivity index is 2.82. The zero-order valence-corrected chi connectivity index (χ0v) is 6.08. The van der Waals surface area contributed by atoms with Gasteiger partial charge in [-0.15, -0.1) is 0 Å². The summed E-state index contributed by atoms with van der Waals surface area (Å²) in [5.74, 6) is -0.227. The van der Waals surface area contributed by atoms with E-state index in [0.717, 1.165) is 0 Å². The molecule has 0 unspecified atom stereocenters. The van der Waals surface area contributed by atoms with E-state index in [0.29, 0.717) is 0 Å². The van der Waals surface area contributed by atoms with E-state index in [2.05, 4.69) is 9.72 Å². The van der Waals surface area contributed by atoms with Crippen molar-refractivity contribution < 1.29 is 18.6 Å². The SMILES string of the molecule is OCc1cccnc1OC(F)F. The molecule has 1 aromatic rings. The number of aromatic nitrogens is 1. The van der Waals surface area contributed by atoms with Crippen molar-refractivity contribution in [3.05, 3.63) is 23.9 Å². The average molecular weight is 175 g/mol. The normalized spacial score (nSPS) is 10.3. The predicted molar refractivity (Wildman–Crippen MR) is 36.8 cm³/mol. The number of aliphatic hydroxyl groups excluding tert-OH is 1. The monoisotopic (exact) mass is 175 g/mol. The van der Waals surface area contributed by atoms with Crippen LogP contribution in [0.2, 0.25) is 0 Å². The molecule has 0 atom stereocenters. The van der Waals surface area contributed by atoms with Gasteiger partial charge in [-0.25, -0.2) is 4.98 Å². The third-order valence-electron chi connectivity index (χ3n) is 1.22. The Morgan fingerprint density at radius 2 is 2.33 bits per heavy atom. The minimum atomic E-state index is -2.91. The lowest BCUT2D eigenvalue weighted by atomic mass is 10.3. The van der Waals surface area contributed by atoms with Crippen LogP contribution in [0.4, 0.5) is 8.78 Å². The molecule has 0 radical (unpaired) electrons. The molecule has 0 aliphatic rings. The van der Waals surface area contributed by atoms with Gasteiger partial charge in [-0.2, -0.15) is 8.78 Å². The van der Waals surface area contributed by atoms with E-state index in [1.165, 1.54) is 18.3 Å². The summed E-state index contributed by atoms with van der Waals surface area (Å²) in [6, 6.07) is 2.99. The number of rotatable bonds is 3. The largest absolute Gasteiger partial charge is 0.417 e. The van der Waals surface area contributed by atoms with Crippen molar-refractivity contribution in [3.63, 3.8) is 0 Å². The van der Waals surface area contributed by atoms with Crippen LogP contribution in [0.15, 0.2) is 18.3 Å². The topological polar surface area (TPSA) is 42.4 Å². The molecule has 0 bridgehead atoms. The smallest absolute Gasteiger partial charge is 0.388 e. The molecule has 1 N–H and O–H groups in total. The molecule has 12 heavy (non-hydrogen) atoms. The summed E-state index contributed by atoms with van der Waals surface area (Å²) in [6.07, 6.45) is 1.32. The highest BCUT2D eigenvalue weighted by Crippen LogP contribution is 2.15. The number of pyridine rings is 1. The van der Waals surface area contributed by atoms with Crippen LogP contribution in [0, 0.1) is 0 Å². The summed E-state index contributed by atoms with van der Waals surface area (Å²) in [5.41, 5.74) is 0.248. The summed E-state index contributed by atoms with van der Waals surface area (Å²) in [7, 11) is 0. The van der Waals surface area contributed by atoms with Gasteiger partial charge < -0.3 is 9.84 Å². The average Bonchev–Trinajstić information content (AvgIpc) is 2.04. The maximum absolute atomic E-state index is 11.7. The van der Waals surface area contributed by atoms with Crippen molar-refractivity contribution in [1.29, 1.82) is 0 Å². The summed E-state index contributed by atoms with van der Waals surface area (Å²) < 4.78 is 27.4. The molecule has 1 heterocycles. The van der Waals surface area contributed by atoms with E-state index in [1.54, 1.807) is 0 Å². The van der Waals surface area contributed by atoms with Gasteiger partial charge in [0.05, 0.1) is 6.61 Å². The Labute approximate surface area is 67.6 Å². The Bertz CT molecular complexity index is 255. The van der Waals surface area contributed by atoms with Gasteiger partial charge >= 0.3 is 6.61 Å². The molecular weight excluding hydrogens is 168 g/mol. The second-order valence-electron chi connectivity index (χ2n) is 2.00. The number of ether oxygens (including phenoxy) is 1. The van der Waals surface area contributed by atoms with E-state index < -0.39 is 6.61 Å². The van der Waals surface area contributed by atoms with Gasteiger partial charge in [-0.3, -0.25) is 0 Å². The van der Waals surface area contributed by atoms with Crippen LogP contribution < -0.4 is 4.74 Å². The van der Waals surface area contributed by atoms with Gasteiger partial charge in [0.1, 0.15) is 0 Å². The number of alkyl halides is 2. The maximum Gasteiger partial charge on any atom is 0.388 e.